The predicted molar refractivity (Wildman–Crippen MR) is 68.2 cm³/mol. The normalized spacial score (nSPS) is 10.9. The molecule has 0 unspecified atom stereocenters. The van der Waals surface area contributed by atoms with Crippen LogP contribution in [0.5, 0.6) is 0 Å². The minimum absolute atomic E-state index is 0.635. The van der Waals surface area contributed by atoms with E-state index in [1.54, 1.807) is 17.7 Å². The number of rotatable bonds is 3. The molecule has 4 nitrogen and oxygen atoms in total. The Hall–Kier alpha value is -1.88. The molecule has 0 spiro atoms. The van der Waals surface area contributed by atoms with E-state index in [1.165, 1.54) is 0 Å². The summed E-state index contributed by atoms with van der Waals surface area (Å²) < 4.78 is 5.50. The molecular formula is C12H11N3OS. The second-order valence-corrected chi connectivity index (χ2v) is 4.62. The number of nitrogens with one attached hydrogen (secondary N) is 1. The minimum atomic E-state index is 0.635. The zero-order chi connectivity index (χ0) is 11.7. The van der Waals surface area contributed by atoms with E-state index in [0.29, 0.717) is 6.54 Å². The molecule has 0 amide bonds. The lowest BCUT2D eigenvalue weighted by molar-refractivity contribution is 0.490. The maximum atomic E-state index is 5.50. The third-order valence-electron chi connectivity index (χ3n) is 2.49. The van der Waals surface area contributed by atoms with Gasteiger partial charge in [0, 0.05) is 0 Å². The molecule has 17 heavy (non-hydrogen) atoms. The number of anilines is 1. The smallest absolute Gasteiger partial charge is 0.138 e. The van der Waals surface area contributed by atoms with Crippen LogP contribution >= 0.6 is 11.3 Å². The first-order valence-corrected chi connectivity index (χ1v) is 6.18. The van der Waals surface area contributed by atoms with E-state index in [1.807, 2.05) is 30.5 Å². The lowest BCUT2D eigenvalue weighted by Gasteiger charge is -2.03. The van der Waals surface area contributed by atoms with Crippen molar-refractivity contribution in [2.24, 2.45) is 0 Å². The number of thiophene rings is 1. The highest BCUT2D eigenvalue weighted by Gasteiger charge is 2.05. The number of aromatic nitrogens is 2. The van der Waals surface area contributed by atoms with Crippen LogP contribution in [0.1, 0.15) is 11.5 Å². The second-order valence-electron chi connectivity index (χ2n) is 3.73. The summed E-state index contributed by atoms with van der Waals surface area (Å²) in [6.45, 7) is 2.57. The molecule has 3 heterocycles. The molecule has 0 aromatic carbocycles. The van der Waals surface area contributed by atoms with Crippen molar-refractivity contribution in [1.82, 2.24) is 9.97 Å². The van der Waals surface area contributed by atoms with E-state index in [0.717, 1.165) is 27.6 Å². The highest BCUT2D eigenvalue weighted by atomic mass is 32.1. The average Bonchev–Trinajstić information content (AvgIpc) is 2.94. The van der Waals surface area contributed by atoms with Crippen molar-refractivity contribution in [2.45, 2.75) is 13.5 Å². The summed E-state index contributed by atoms with van der Waals surface area (Å²) >= 11 is 1.61. The van der Waals surface area contributed by atoms with Gasteiger partial charge in [0.15, 0.2) is 0 Å². The quantitative estimate of drug-likeness (QED) is 0.769. The van der Waals surface area contributed by atoms with Crippen molar-refractivity contribution in [1.29, 1.82) is 0 Å². The average molecular weight is 245 g/mol. The largest absolute Gasteiger partial charge is 0.465 e. The Kier molecular flexibility index (Phi) is 2.53. The number of hydrogen-bond acceptors (Lipinski definition) is 5. The molecule has 0 aliphatic rings. The van der Waals surface area contributed by atoms with E-state index in [2.05, 4.69) is 15.3 Å². The van der Waals surface area contributed by atoms with Crippen molar-refractivity contribution in [3.05, 3.63) is 41.4 Å². The predicted octanol–water partition coefficient (Wildman–Crippen LogP) is 3.20. The molecule has 5 heteroatoms. The first-order chi connectivity index (χ1) is 8.33. The van der Waals surface area contributed by atoms with Crippen LogP contribution in [0.15, 0.2) is 34.3 Å². The zero-order valence-electron chi connectivity index (χ0n) is 9.30. The van der Waals surface area contributed by atoms with Gasteiger partial charge in [-0.25, -0.2) is 9.97 Å². The van der Waals surface area contributed by atoms with Gasteiger partial charge >= 0.3 is 0 Å². The fourth-order valence-corrected chi connectivity index (χ4v) is 2.41. The van der Waals surface area contributed by atoms with Crippen LogP contribution in [0.2, 0.25) is 0 Å². The Morgan fingerprint density at radius 3 is 3.06 bits per heavy atom. The zero-order valence-corrected chi connectivity index (χ0v) is 10.1. The van der Waals surface area contributed by atoms with E-state index in [-0.39, 0.29) is 0 Å². The molecule has 0 fully saturated rings. The molecule has 86 valence electrons. The van der Waals surface area contributed by atoms with E-state index in [4.69, 9.17) is 4.42 Å². The van der Waals surface area contributed by atoms with Gasteiger partial charge in [-0.1, -0.05) is 0 Å². The molecule has 3 aromatic rings. The minimum Gasteiger partial charge on any atom is -0.465 e. The molecule has 0 aliphatic carbocycles. The molecular weight excluding hydrogens is 234 g/mol. The maximum Gasteiger partial charge on any atom is 0.138 e. The Labute approximate surface area is 102 Å². The van der Waals surface area contributed by atoms with E-state index < -0.39 is 0 Å². The van der Waals surface area contributed by atoms with Gasteiger partial charge in [0.05, 0.1) is 11.9 Å². The lowest BCUT2D eigenvalue weighted by atomic mass is 10.3. The number of furan rings is 1. The number of hydrogen-bond donors (Lipinski definition) is 1. The molecule has 0 saturated carbocycles. The van der Waals surface area contributed by atoms with Crippen molar-refractivity contribution in [3.63, 3.8) is 0 Å². The van der Waals surface area contributed by atoms with Crippen LogP contribution in [-0.4, -0.2) is 9.97 Å². The molecule has 3 rings (SSSR count). The van der Waals surface area contributed by atoms with Gasteiger partial charge in [-0.05, 0) is 30.5 Å². The van der Waals surface area contributed by atoms with Crippen LogP contribution in [0, 0.1) is 6.92 Å². The molecule has 0 radical (unpaired) electrons. The Morgan fingerprint density at radius 2 is 2.24 bits per heavy atom. The van der Waals surface area contributed by atoms with Crippen molar-refractivity contribution < 1.29 is 4.42 Å². The summed E-state index contributed by atoms with van der Waals surface area (Å²) in [7, 11) is 0. The van der Waals surface area contributed by atoms with E-state index >= 15 is 0 Å². The summed E-state index contributed by atoms with van der Waals surface area (Å²) in [6.07, 6.45) is 1.58. The summed E-state index contributed by atoms with van der Waals surface area (Å²) in [4.78, 5) is 9.45. The monoisotopic (exact) mass is 245 g/mol. The Bertz CT molecular complexity index is 644. The van der Waals surface area contributed by atoms with Crippen LogP contribution < -0.4 is 5.32 Å². The standard InChI is InChI=1S/C12H11N3OS/c1-8-2-3-9(16-8)6-13-11-10-4-5-17-12(10)15-7-14-11/h2-5,7H,6H2,1H3,(H,13,14,15). The Morgan fingerprint density at radius 1 is 1.29 bits per heavy atom. The van der Waals surface area contributed by atoms with Gasteiger partial charge in [-0.15, -0.1) is 11.3 Å². The number of nitrogens with zero attached hydrogens (tertiary/aromatic N) is 2. The topological polar surface area (TPSA) is 51.0 Å². The first kappa shape index (κ1) is 10.3. The summed E-state index contributed by atoms with van der Waals surface area (Å²) in [5, 5.41) is 6.34. The molecule has 0 bridgehead atoms. The third-order valence-corrected chi connectivity index (χ3v) is 3.31. The van der Waals surface area contributed by atoms with Crippen LogP contribution in [0.3, 0.4) is 0 Å². The highest BCUT2D eigenvalue weighted by Crippen LogP contribution is 2.24. The third kappa shape index (κ3) is 2.01. The van der Waals surface area contributed by atoms with Gasteiger partial charge in [-0.3, -0.25) is 0 Å². The summed E-state index contributed by atoms with van der Waals surface area (Å²) in [5.41, 5.74) is 0. The fourth-order valence-electron chi connectivity index (χ4n) is 1.68. The van der Waals surface area contributed by atoms with Gasteiger partial charge in [0.1, 0.15) is 28.5 Å². The van der Waals surface area contributed by atoms with Gasteiger partial charge in [0.2, 0.25) is 0 Å². The van der Waals surface area contributed by atoms with Gasteiger partial charge in [0.25, 0.3) is 0 Å². The molecule has 0 saturated heterocycles. The second kappa shape index (κ2) is 4.18. The van der Waals surface area contributed by atoms with Gasteiger partial charge in [-0.2, -0.15) is 0 Å². The fraction of sp³-hybridized carbons (Fsp3) is 0.167. The molecule has 0 atom stereocenters. The molecule has 1 N–H and O–H groups in total. The van der Waals surface area contributed by atoms with Crippen LogP contribution in [0.4, 0.5) is 5.82 Å². The van der Waals surface area contributed by atoms with Crippen LogP contribution in [-0.2, 0) is 6.54 Å². The van der Waals surface area contributed by atoms with Crippen molar-refractivity contribution in [3.8, 4) is 0 Å². The highest BCUT2D eigenvalue weighted by molar-refractivity contribution is 7.16. The Balaban J connectivity index is 1.83. The molecule has 0 aliphatic heterocycles. The molecule has 3 aromatic heterocycles. The summed E-state index contributed by atoms with van der Waals surface area (Å²) in [6, 6.07) is 5.95. The van der Waals surface area contributed by atoms with Gasteiger partial charge < -0.3 is 9.73 Å². The first-order valence-electron chi connectivity index (χ1n) is 5.30. The lowest BCUT2D eigenvalue weighted by Crippen LogP contribution is -2.00. The van der Waals surface area contributed by atoms with E-state index in [9.17, 15) is 0 Å². The van der Waals surface area contributed by atoms with Crippen molar-refractivity contribution >= 4 is 27.4 Å². The number of fused-ring (bicyclic) bond motifs is 1. The maximum absolute atomic E-state index is 5.50. The number of aryl methyl sites for hydroxylation is 1. The van der Waals surface area contributed by atoms with Crippen molar-refractivity contribution in [2.75, 3.05) is 5.32 Å². The SMILES string of the molecule is Cc1ccc(CNc2ncnc3sccc23)o1. The summed E-state index contributed by atoms with van der Waals surface area (Å²) in [5.74, 6) is 2.68. The van der Waals surface area contributed by atoms with Crippen LogP contribution in [0.25, 0.3) is 10.2 Å².